The number of methoxy groups -OCH3 is 1. The molecule has 0 aromatic heterocycles. The predicted octanol–water partition coefficient (Wildman–Crippen LogP) is 3.69. The summed E-state index contributed by atoms with van der Waals surface area (Å²) in [6.07, 6.45) is 1.84. The number of carbonyl (C=O) groups is 2. The van der Waals surface area contributed by atoms with Crippen molar-refractivity contribution in [1.82, 2.24) is 4.90 Å². The first-order chi connectivity index (χ1) is 16.6. The summed E-state index contributed by atoms with van der Waals surface area (Å²) in [5.74, 6) is 1.06. The number of ketones is 1. The third-order valence-electron chi connectivity index (χ3n) is 7.83. The maximum absolute atomic E-state index is 13.5. The Morgan fingerprint density at radius 3 is 2.18 bits per heavy atom. The van der Waals surface area contributed by atoms with Crippen LogP contribution in [0.1, 0.15) is 18.4 Å². The molecular formula is C29H31NO3Si. The number of carbonyl (C=O) groups excluding carboxylic acids is 2. The molecule has 4 nitrogen and oxygen atoms in total. The smallest absolute Gasteiger partial charge is 0.227 e. The van der Waals surface area contributed by atoms with Crippen molar-refractivity contribution < 1.29 is 14.3 Å². The number of rotatable bonds is 5. The molecule has 3 aromatic carbocycles. The maximum Gasteiger partial charge on any atom is 0.227 e. The highest BCUT2D eigenvalue weighted by Crippen LogP contribution is 2.43. The van der Waals surface area contributed by atoms with E-state index in [0.717, 1.165) is 23.8 Å². The molecule has 5 rings (SSSR count). The van der Waals surface area contributed by atoms with Gasteiger partial charge in [0.1, 0.15) is 19.6 Å². The molecule has 2 aliphatic heterocycles. The van der Waals surface area contributed by atoms with E-state index >= 15 is 0 Å². The van der Waals surface area contributed by atoms with Gasteiger partial charge < -0.3 is 9.64 Å². The molecule has 0 N–H and O–H groups in total. The Labute approximate surface area is 202 Å². The molecule has 0 saturated carbocycles. The topological polar surface area (TPSA) is 46.6 Å². The number of nitrogens with zero attached hydrogens (tertiary/aromatic N) is 1. The van der Waals surface area contributed by atoms with Gasteiger partial charge in [0, 0.05) is 31.0 Å². The summed E-state index contributed by atoms with van der Waals surface area (Å²) in [6.45, 7) is 1.19. The molecule has 2 atom stereocenters. The first kappa shape index (κ1) is 22.6. The van der Waals surface area contributed by atoms with Crippen LogP contribution >= 0.6 is 0 Å². The second-order valence-corrected chi connectivity index (χ2v) is 13.9. The van der Waals surface area contributed by atoms with E-state index in [4.69, 9.17) is 4.74 Å². The van der Waals surface area contributed by atoms with Gasteiger partial charge in [0.15, 0.2) is 0 Å². The van der Waals surface area contributed by atoms with Crippen molar-refractivity contribution in [3.8, 4) is 5.75 Å². The Hall–Kier alpha value is -3.18. The van der Waals surface area contributed by atoms with Crippen molar-refractivity contribution in [2.75, 3.05) is 20.2 Å². The van der Waals surface area contributed by atoms with E-state index in [1.54, 1.807) is 7.11 Å². The van der Waals surface area contributed by atoms with Crippen LogP contribution in [0.3, 0.4) is 0 Å². The van der Waals surface area contributed by atoms with Gasteiger partial charge in [-0.1, -0.05) is 89.2 Å². The Morgan fingerprint density at radius 1 is 0.912 bits per heavy atom. The van der Waals surface area contributed by atoms with Gasteiger partial charge in [0.05, 0.1) is 13.5 Å². The molecule has 174 valence electrons. The Balaban J connectivity index is 1.53. The van der Waals surface area contributed by atoms with E-state index < -0.39 is 8.07 Å². The van der Waals surface area contributed by atoms with Crippen molar-refractivity contribution in [3.05, 3.63) is 90.5 Å². The summed E-state index contributed by atoms with van der Waals surface area (Å²) < 4.78 is 5.47. The second kappa shape index (κ2) is 9.59. The van der Waals surface area contributed by atoms with Crippen molar-refractivity contribution in [1.29, 1.82) is 0 Å². The average molecular weight is 470 g/mol. The van der Waals surface area contributed by atoms with Crippen LogP contribution in [0, 0.1) is 5.92 Å². The molecule has 34 heavy (non-hydrogen) atoms. The minimum Gasteiger partial charge on any atom is -0.496 e. The molecule has 0 radical (unpaired) electrons. The van der Waals surface area contributed by atoms with E-state index in [1.807, 2.05) is 29.2 Å². The molecule has 2 fully saturated rings. The van der Waals surface area contributed by atoms with Crippen LogP contribution in [-0.4, -0.2) is 44.9 Å². The highest BCUT2D eigenvalue weighted by molar-refractivity contribution is 7.03. The molecular weight excluding hydrogens is 438 g/mol. The number of para-hydroxylation sites is 1. The first-order valence-electron chi connectivity index (χ1n) is 12.2. The molecule has 1 amide bonds. The van der Waals surface area contributed by atoms with Crippen molar-refractivity contribution >= 4 is 30.1 Å². The summed E-state index contributed by atoms with van der Waals surface area (Å²) in [6, 6.07) is 30.4. The standard InChI is InChI=1S/C29H31NO3Si/c1-33-27-17-9-8-11-22(27)19-29(32)30-20-25-26(31)16-10-18-34(28(25)21-30,23-12-4-2-5-13-23)24-14-6-3-7-15-24/h2-9,11-15,17,25,28H,10,16,18-21H2,1H3/t25-,28-/m1/s1. The highest BCUT2D eigenvalue weighted by Gasteiger charge is 2.55. The number of ether oxygens (including phenoxy) is 1. The fraction of sp³-hybridized carbons (Fsp3) is 0.310. The summed E-state index contributed by atoms with van der Waals surface area (Å²) in [5, 5.41) is 2.76. The molecule has 2 saturated heterocycles. The van der Waals surface area contributed by atoms with Crippen LogP contribution < -0.4 is 15.1 Å². The SMILES string of the molecule is COc1ccccc1CC(=O)N1C[C@@H]2C(=O)CCC[Si](c3ccccc3)(c3ccccc3)[C@@H]2C1. The van der Waals surface area contributed by atoms with E-state index in [9.17, 15) is 9.59 Å². The lowest BCUT2D eigenvalue weighted by molar-refractivity contribution is -0.129. The predicted molar refractivity (Wildman–Crippen MR) is 137 cm³/mol. The number of fused-ring (bicyclic) bond motifs is 1. The Bertz CT molecular complexity index is 1120. The number of amides is 1. The molecule has 3 aromatic rings. The fourth-order valence-electron chi connectivity index (χ4n) is 6.22. The van der Waals surface area contributed by atoms with Gasteiger partial charge in [0.2, 0.25) is 5.91 Å². The zero-order chi connectivity index (χ0) is 23.5. The highest BCUT2D eigenvalue weighted by atomic mass is 28.3. The minimum absolute atomic E-state index is 0.0781. The zero-order valence-corrected chi connectivity index (χ0v) is 20.7. The van der Waals surface area contributed by atoms with E-state index in [1.165, 1.54) is 10.4 Å². The first-order valence-corrected chi connectivity index (χ1v) is 14.5. The lowest BCUT2D eigenvalue weighted by atomic mass is 10.00. The van der Waals surface area contributed by atoms with Gasteiger partial charge in [-0.15, -0.1) is 0 Å². The molecule has 0 spiro atoms. The van der Waals surface area contributed by atoms with E-state index in [0.29, 0.717) is 31.7 Å². The molecule has 5 heteroatoms. The summed E-state index contributed by atoms with van der Waals surface area (Å²) in [7, 11) is -0.659. The van der Waals surface area contributed by atoms with E-state index in [2.05, 4.69) is 60.7 Å². The number of hydrogen-bond acceptors (Lipinski definition) is 3. The molecule has 2 heterocycles. The van der Waals surface area contributed by atoms with Gasteiger partial charge in [-0.25, -0.2) is 0 Å². The second-order valence-electron chi connectivity index (χ2n) is 9.52. The largest absolute Gasteiger partial charge is 0.496 e. The van der Waals surface area contributed by atoms with Crippen molar-refractivity contribution in [3.63, 3.8) is 0 Å². The third-order valence-corrected chi connectivity index (χ3v) is 13.5. The van der Waals surface area contributed by atoms with Crippen molar-refractivity contribution in [2.45, 2.75) is 30.8 Å². The summed E-state index contributed by atoms with van der Waals surface area (Å²) in [4.78, 5) is 28.8. The van der Waals surface area contributed by atoms with Gasteiger partial charge in [-0.3, -0.25) is 9.59 Å². The van der Waals surface area contributed by atoms with Crippen LogP contribution in [0.25, 0.3) is 0 Å². The number of Topliss-reactive ketones (excluding diaryl/α,β-unsaturated/α-hetero) is 1. The summed E-state index contributed by atoms with van der Waals surface area (Å²) >= 11 is 0. The Kier molecular flexibility index (Phi) is 6.37. The van der Waals surface area contributed by atoms with Crippen LogP contribution in [0.15, 0.2) is 84.9 Å². The van der Waals surface area contributed by atoms with Crippen molar-refractivity contribution in [2.24, 2.45) is 5.92 Å². The summed E-state index contributed by atoms with van der Waals surface area (Å²) in [5.41, 5.74) is 1.08. The third kappa shape index (κ3) is 3.98. The Morgan fingerprint density at radius 2 is 1.53 bits per heavy atom. The normalized spacial score (nSPS) is 21.6. The van der Waals surface area contributed by atoms with E-state index in [-0.39, 0.29) is 17.4 Å². The molecule has 0 unspecified atom stereocenters. The average Bonchev–Trinajstić information content (AvgIpc) is 3.29. The maximum atomic E-state index is 13.5. The van der Waals surface area contributed by atoms with Crippen LogP contribution in [0.5, 0.6) is 5.75 Å². The van der Waals surface area contributed by atoms with Crippen LogP contribution in [0.4, 0.5) is 0 Å². The van der Waals surface area contributed by atoms with Gasteiger partial charge in [0.25, 0.3) is 0 Å². The van der Waals surface area contributed by atoms with Crippen LogP contribution in [-0.2, 0) is 16.0 Å². The molecule has 2 aliphatic rings. The minimum atomic E-state index is -2.29. The monoisotopic (exact) mass is 469 g/mol. The molecule has 0 aliphatic carbocycles. The lowest BCUT2D eigenvalue weighted by Gasteiger charge is -2.39. The zero-order valence-electron chi connectivity index (χ0n) is 19.7. The number of hydrogen-bond donors (Lipinski definition) is 0. The number of likely N-dealkylation sites (tertiary alicyclic amines) is 1. The molecule has 0 bridgehead atoms. The quantitative estimate of drug-likeness (QED) is 0.536. The number of benzene rings is 3. The fourth-order valence-corrected chi connectivity index (χ4v) is 12.2. The van der Waals surface area contributed by atoms with Gasteiger partial charge in [-0.2, -0.15) is 0 Å². The van der Waals surface area contributed by atoms with Gasteiger partial charge in [-0.05, 0) is 24.1 Å². The van der Waals surface area contributed by atoms with Crippen LogP contribution in [0.2, 0.25) is 11.6 Å². The lowest BCUT2D eigenvalue weighted by Crippen LogP contribution is -2.63. The van der Waals surface area contributed by atoms with Gasteiger partial charge >= 0.3 is 0 Å².